The SMILES string of the molecule is COCc1nnc2n1[C@@H](C)CN(C(=O)c1cccc(N(C)C)c1)C2. The number of hydrogen-bond acceptors (Lipinski definition) is 5. The molecule has 0 bridgehead atoms. The summed E-state index contributed by atoms with van der Waals surface area (Å²) in [6, 6.07) is 7.80. The number of carbonyl (C=O) groups is 1. The van der Waals surface area contributed by atoms with Crippen LogP contribution in [0, 0.1) is 0 Å². The lowest BCUT2D eigenvalue weighted by Crippen LogP contribution is -2.40. The molecule has 2 heterocycles. The molecule has 0 saturated carbocycles. The first-order chi connectivity index (χ1) is 11.5. The normalized spacial score (nSPS) is 16.8. The van der Waals surface area contributed by atoms with Crippen molar-refractivity contribution in [3.8, 4) is 0 Å². The highest BCUT2D eigenvalue weighted by Gasteiger charge is 2.29. The summed E-state index contributed by atoms with van der Waals surface area (Å²) in [5.74, 6) is 1.63. The summed E-state index contributed by atoms with van der Waals surface area (Å²) >= 11 is 0. The number of amides is 1. The first-order valence-corrected chi connectivity index (χ1v) is 7.99. The van der Waals surface area contributed by atoms with Crippen LogP contribution in [0.15, 0.2) is 24.3 Å². The molecule has 0 fully saturated rings. The minimum atomic E-state index is 0.0214. The number of ether oxygens (including phenoxy) is 1. The smallest absolute Gasteiger partial charge is 0.254 e. The predicted molar refractivity (Wildman–Crippen MR) is 91.0 cm³/mol. The lowest BCUT2D eigenvalue weighted by Gasteiger charge is -2.32. The highest BCUT2D eigenvalue weighted by atomic mass is 16.5. The van der Waals surface area contributed by atoms with Crippen molar-refractivity contribution in [3.05, 3.63) is 41.5 Å². The Morgan fingerprint density at radius 1 is 1.38 bits per heavy atom. The molecule has 1 aromatic heterocycles. The molecule has 0 saturated heterocycles. The standard InChI is InChI=1S/C17H23N5O2/c1-12-9-21(10-15-18-19-16(11-24-4)22(12)15)17(23)13-6-5-7-14(8-13)20(2)3/h5-8,12H,9-11H2,1-4H3/t12-/m0/s1. The van der Waals surface area contributed by atoms with Crippen LogP contribution >= 0.6 is 0 Å². The van der Waals surface area contributed by atoms with Crippen molar-refractivity contribution in [2.45, 2.75) is 26.1 Å². The fourth-order valence-electron chi connectivity index (χ4n) is 3.10. The monoisotopic (exact) mass is 329 g/mol. The summed E-state index contributed by atoms with van der Waals surface area (Å²) in [4.78, 5) is 16.7. The summed E-state index contributed by atoms with van der Waals surface area (Å²) in [6.45, 7) is 3.59. The molecule has 0 radical (unpaired) electrons. The second kappa shape index (κ2) is 6.60. The van der Waals surface area contributed by atoms with Gasteiger partial charge in [-0.1, -0.05) is 6.07 Å². The van der Waals surface area contributed by atoms with Crippen LogP contribution in [0.2, 0.25) is 0 Å². The van der Waals surface area contributed by atoms with Crippen LogP contribution in [-0.4, -0.2) is 53.3 Å². The van der Waals surface area contributed by atoms with E-state index in [4.69, 9.17) is 4.74 Å². The van der Waals surface area contributed by atoms with E-state index >= 15 is 0 Å². The molecule has 0 unspecified atom stereocenters. The van der Waals surface area contributed by atoms with Gasteiger partial charge in [0.2, 0.25) is 0 Å². The molecule has 24 heavy (non-hydrogen) atoms. The molecule has 1 amide bonds. The van der Waals surface area contributed by atoms with Crippen molar-refractivity contribution in [3.63, 3.8) is 0 Å². The Kier molecular flexibility index (Phi) is 4.53. The van der Waals surface area contributed by atoms with Crippen LogP contribution in [-0.2, 0) is 17.9 Å². The number of methoxy groups -OCH3 is 1. The maximum Gasteiger partial charge on any atom is 0.254 e. The van der Waals surface area contributed by atoms with Crippen LogP contribution in [0.25, 0.3) is 0 Å². The van der Waals surface area contributed by atoms with E-state index < -0.39 is 0 Å². The lowest BCUT2D eigenvalue weighted by molar-refractivity contribution is 0.0675. The Labute approximate surface area is 141 Å². The molecule has 1 aliphatic heterocycles. The van der Waals surface area contributed by atoms with E-state index in [0.717, 1.165) is 17.3 Å². The van der Waals surface area contributed by atoms with E-state index in [2.05, 4.69) is 21.7 Å². The van der Waals surface area contributed by atoms with Gasteiger partial charge in [0.1, 0.15) is 6.61 Å². The third-order valence-corrected chi connectivity index (χ3v) is 4.26. The molecule has 128 valence electrons. The molecular formula is C17H23N5O2. The summed E-state index contributed by atoms with van der Waals surface area (Å²) in [7, 11) is 5.57. The molecule has 0 aliphatic carbocycles. The Morgan fingerprint density at radius 2 is 2.17 bits per heavy atom. The highest BCUT2D eigenvalue weighted by Crippen LogP contribution is 2.24. The van der Waals surface area contributed by atoms with Crippen molar-refractivity contribution < 1.29 is 9.53 Å². The van der Waals surface area contributed by atoms with Crippen molar-refractivity contribution in [1.29, 1.82) is 0 Å². The maximum absolute atomic E-state index is 12.9. The number of carbonyl (C=O) groups excluding carboxylic acids is 1. The number of anilines is 1. The molecule has 1 aliphatic rings. The zero-order valence-electron chi connectivity index (χ0n) is 14.6. The number of nitrogens with zero attached hydrogens (tertiary/aromatic N) is 5. The Hall–Kier alpha value is -2.41. The fourth-order valence-corrected chi connectivity index (χ4v) is 3.10. The average molecular weight is 329 g/mol. The number of aromatic nitrogens is 3. The first kappa shape index (κ1) is 16.4. The topological polar surface area (TPSA) is 63.5 Å². The van der Waals surface area contributed by atoms with Gasteiger partial charge >= 0.3 is 0 Å². The van der Waals surface area contributed by atoms with Crippen molar-refractivity contribution >= 4 is 11.6 Å². The van der Waals surface area contributed by atoms with E-state index in [1.54, 1.807) is 7.11 Å². The van der Waals surface area contributed by atoms with Gasteiger partial charge < -0.3 is 19.1 Å². The summed E-state index contributed by atoms with van der Waals surface area (Å²) < 4.78 is 7.24. The predicted octanol–water partition coefficient (Wildman–Crippen LogP) is 1.71. The first-order valence-electron chi connectivity index (χ1n) is 7.99. The largest absolute Gasteiger partial charge is 0.378 e. The van der Waals surface area contributed by atoms with Gasteiger partial charge in [-0.05, 0) is 25.1 Å². The third-order valence-electron chi connectivity index (χ3n) is 4.26. The van der Waals surface area contributed by atoms with Crippen molar-refractivity contribution in [2.75, 3.05) is 32.6 Å². The zero-order valence-corrected chi connectivity index (χ0v) is 14.6. The molecule has 0 spiro atoms. The molecule has 7 nitrogen and oxygen atoms in total. The van der Waals surface area contributed by atoms with E-state index in [-0.39, 0.29) is 11.9 Å². The Balaban J connectivity index is 1.83. The third kappa shape index (κ3) is 2.99. The van der Waals surface area contributed by atoms with Crippen molar-refractivity contribution in [1.82, 2.24) is 19.7 Å². The molecular weight excluding hydrogens is 306 g/mol. The van der Waals surface area contributed by atoms with Gasteiger partial charge in [0.15, 0.2) is 11.6 Å². The van der Waals surface area contributed by atoms with Gasteiger partial charge in [0.25, 0.3) is 5.91 Å². The van der Waals surface area contributed by atoms with Gasteiger partial charge in [0, 0.05) is 39.0 Å². The van der Waals surface area contributed by atoms with Crippen LogP contribution < -0.4 is 4.90 Å². The fraction of sp³-hybridized carbons (Fsp3) is 0.471. The average Bonchev–Trinajstić information content (AvgIpc) is 2.98. The molecule has 7 heteroatoms. The molecule has 2 aromatic rings. The molecule has 1 aromatic carbocycles. The minimum absolute atomic E-state index is 0.0214. The Bertz CT molecular complexity index is 740. The van der Waals surface area contributed by atoms with Gasteiger partial charge in [0.05, 0.1) is 12.6 Å². The molecule has 0 N–H and O–H groups in total. The Morgan fingerprint density at radius 3 is 2.88 bits per heavy atom. The van der Waals surface area contributed by atoms with Gasteiger partial charge in [-0.3, -0.25) is 4.79 Å². The van der Waals surface area contributed by atoms with E-state index in [1.807, 2.05) is 48.2 Å². The molecule has 3 rings (SSSR count). The van der Waals surface area contributed by atoms with Crippen LogP contribution in [0.4, 0.5) is 5.69 Å². The van der Waals surface area contributed by atoms with Crippen molar-refractivity contribution in [2.24, 2.45) is 0 Å². The maximum atomic E-state index is 12.9. The molecule has 1 atom stereocenters. The van der Waals surface area contributed by atoms with E-state index in [0.29, 0.717) is 25.3 Å². The van der Waals surface area contributed by atoms with Gasteiger partial charge in [-0.2, -0.15) is 0 Å². The number of fused-ring (bicyclic) bond motifs is 1. The number of rotatable bonds is 4. The summed E-state index contributed by atoms with van der Waals surface area (Å²) in [5, 5.41) is 8.41. The number of hydrogen-bond donors (Lipinski definition) is 0. The van der Waals surface area contributed by atoms with Gasteiger partial charge in [-0.15, -0.1) is 10.2 Å². The quantitative estimate of drug-likeness (QED) is 0.854. The van der Waals surface area contributed by atoms with E-state index in [1.165, 1.54) is 0 Å². The second-order valence-electron chi connectivity index (χ2n) is 6.31. The van der Waals surface area contributed by atoms with Crippen LogP contribution in [0.3, 0.4) is 0 Å². The second-order valence-corrected chi connectivity index (χ2v) is 6.31. The van der Waals surface area contributed by atoms with Crippen LogP contribution in [0.5, 0.6) is 0 Å². The van der Waals surface area contributed by atoms with Crippen LogP contribution in [0.1, 0.15) is 35.0 Å². The van der Waals surface area contributed by atoms with Gasteiger partial charge in [-0.25, -0.2) is 0 Å². The van der Waals surface area contributed by atoms with E-state index in [9.17, 15) is 4.79 Å². The number of benzene rings is 1. The zero-order chi connectivity index (χ0) is 17.3. The lowest BCUT2D eigenvalue weighted by atomic mass is 10.1. The minimum Gasteiger partial charge on any atom is -0.378 e. The summed E-state index contributed by atoms with van der Waals surface area (Å²) in [6.07, 6.45) is 0. The summed E-state index contributed by atoms with van der Waals surface area (Å²) in [5.41, 5.74) is 1.70. The highest BCUT2D eigenvalue weighted by molar-refractivity contribution is 5.95.